The molecule has 1 heterocycles. The highest BCUT2D eigenvalue weighted by atomic mass is 32.1. The summed E-state index contributed by atoms with van der Waals surface area (Å²) in [6.07, 6.45) is 0. The summed E-state index contributed by atoms with van der Waals surface area (Å²) in [7, 11) is 1.82. The molecule has 1 aliphatic heterocycles. The molecule has 27 heavy (non-hydrogen) atoms. The molecule has 4 nitrogen and oxygen atoms in total. The number of rotatable bonds is 3. The van der Waals surface area contributed by atoms with Gasteiger partial charge in [-0.15, -0.1) is 0 Å². The number of aryl methyl sites for hydroxylation is 2. The fraction of sp³-hybridized carbons (Fsp3) is 0.238. The van der Waals surface area contributed by atoms with Gasteiger partial charge in [0.1, 0.15) is 5.82 Å². The van der Waals surface area contributed by atoms with Crippen molar-refractivity contribution in [1.29, 1.82) is 0 Å². The zero-order valence-electron chi connectivity index (χ0n) is 15.8. The van der Waals surface area contributed by atoms with E-state index in [1.54, 1.807) is 17.0 Å². The SMILES string of the molecule is CC1=C(C(=O)Nc2ccc(C)cc2C)C(c2ccc(F)cc2)NC(=S)N1C. The van der Waals surface area contributed by atoms with E-state index in [1.165, 1.54) is 12.1 Å². The van der Waals surface area contributed by atoms with E-state index in [0.29, 0.717) is 10.7 Å². The Morgan fingerprint density at radius 3 is 2.44 bits per heavy atom. The first-order valence-corrected chi connectivity index (χ1v) is 9.08. The molecule has 2 aromatic rings. The van der Waals surface area contributed by atoms with Gasteiger partial charge in [-0.1, -0.05) is 29.8 Å². The first kappa shape index (κ1) is 19.0. The van der Waals surface area contributed by atoms with Gasteiger partial charge in [0.05, 0.1) is 11.6 Å². The van der Waals surface area contributed by atoms with Crippen molar-refractivity contribution < 1.29 is 9.18 Å². The molecule has 6 heteroatoms. The van der Waals surface area contributed by atoms with Crippen LogP contribution < -0.4 is 10.6 Å². The fourth-order valence-corrected chi connectivity index (χ4v) is 3.43. The number of amides is 1. The van der Waals surface area contributed by atoms with Crippen LogP contribution in [-0.4, -0.2) is 23.0 Å². The summed E-state index contributed by atoms with van der Waals surface area (Å²) < 4.78 is 13.3. The van der Waals surface area contributed by atoms with Crippen LogP contribution in [0.2, 0.25) is 0 Å². The standard InChI is InChI=1S/C21H22FN3OS/c1-12-5-10-17(13(2)11-12)23-20(26)18-14(3)25(4)21(27)24-19(18)15-6-8-16(22)9-7-15/h5-11,19H,1-4H3,(H,23,26)(H,24,27). The number of carbonyl (C=O) groups is 1. The van der Waals surface area contributed by atoms with Crippen LogP contribution in [0.15, 0.2) is 53.7 Å². The lowest BCUT2D eigenvalue weighted by molar-refractivity contribution is -0.113. The van der Waals surface area contributed by atoms with Gasteiger partial charge in [0.2, 0.25) is 0 Å². The van der Waals surface area contributed by atoms with Crippen molar-refractivity contribution in [3.8, 4) is 0 Å². The molecule has 0 saturated carbocycles. The highest BCUT2D eigenvalue weighted by molar-refractivity contribution is 7.80. The Labute approximate surface area is 164 Å². The van der Waals surface area contributed by atoms with Gasteiger partial charge in [0.15, 0.2) is 5.11 Å². The third kappa shape index (κ3) is 3.85. The molecule has 1 amide bonds. The second kappa shape index (κ2) is 7.48. The van der Waals surface area contributed by atoms with E-state index >= 15 is 0 Å². The van der Waals surface area contributed by atoms with Gasteiger partial charge >= 0.3 is 0 Å². The molecule has 0 aliphatic carbocycles. The average molecular weight is 383 g/mol. The number of allylic oxidation sites excluding steroid dienone is 1. The minimum absolute atomic E-state index is 0.212. The van der Waals surface area contributed by atoms with Gasteiger partial charge < -0.3 is 15.5 Å². The van der Waals surface area contributed by atoms with Crippen molar-refractivity contribution in [2.75, 3.05) is 12.4 Å². The summed E-state index contributed by atoms with van der Waals surface area (Å²) >= 11 is 5.39. The van der Waals surface area contributed by atoms with Crippen molar-refractivity contribution in [2.24, 2.45) is 0 Å². The number of hydrogen-bond acceptors (Lipinski definition) is 2. The topological polar surface area (TPSA) is 44.4 Å². The van der Waals surface area contributed by atoms with Crippen LogP contribution >= 0.6 is 12.2 Å². The van der Waals surface area contributed by atoms with Gasteiger partial charge in [0.25, 0.3) is 5.91 Å². The highest BCUT2D eigenvalue weighted by Crippen LogP contribution is 2.31. The quantitative estimate of drug-likeness (QED) is 0.779. The molecular formula is C21H22FN3OS. The summed E-state index contributed by atoms with van der Waals surface area (Å²) in [4.78, 5) is 14.9. The predicted molar refractivity (Wildman–Crippen MR) is 110 cm³/mol. The second-order valence-corrected chi connectivity index (χ2v) is 7.15. The van der Waals surface area contributed by atoms with E-state index in [2.05, 4.69) is 10.6 Å². The predicted octanol–water partition coefficient (Wildman–Crippen LogP) is 4.22. The molecule has 140 valence electrons. The molecule has 1 atom stereocenters. The highest BCUT2D eigenvalue weighted by Gasteiger charge is 2.32. The zero-order valence-corrected chi connectivity index (χ0v) is 16.6. The largest absolute Gasteiger partial charge is 0.351 e. The average Bonchev–Trinajstić information content (AvgIpc) is 2.62. The van der Waals surface area contributed by atoms with Crippen molar-refractivity contribution >= 4 is 28.9 Å². The molecule has 0 saturated heterocycles. The summed E-state index contributed by atoms with van der Waals surface area (Å²) in [6, 6.07) is 11.5. The van der Waals surface area contributed by atoms with Crippen molar-refractivity contribution in [3.63, 3.8) is 0 Å². The molecular weight excluding hydrogens is 361 g/mol. The van der Waals surface area contributed by atoms with Crippen LogP contribution in [0, 0.1) is 19.7 Å². The maximum atomic E-state index is 13.3. The second-order valence-electron chi connectivity index (χ2n) is 6.76. The maximum absolute atomic E-state index is 13.3. The van der Waals surface area contributed by atoms with E-state index in [4.69, 9.17) is 12.2 Å². The maximum Gasteiger partial charge on any atom is 0.255 e. The molecule has 0 aromatic heterocycles. The van der Waals surface area contributed by atoms with E-state index in [1.807, 2.05) is 46.0 Å². The Balaban J connectivity index is 2.00. The van der Waals surface area contributed by atoms with Crippen LogP contribution in [-0.2, 0) is 4.79 Å². The summed E-state index contributed by atoms with van der Waals surface area (Å²) in [5, 5.41) is 6.71. The van der Waals surface area contributed by atoms with E-state index < -0.39 is 6.04 Å². The molecule has 0 spiro atoms. The fourth-order valence-electron chi connectivity index (χ4n) is 3.18. The summed E-state index contributed by atoms with van der Waals surface area (Å²) in [5.41, 5.74) is 4.98. The van der Waals surface area contributed by atoms with Crippen molar-refractivity contribution in [1.82, 2.24) is 10.2 Å². The minimum Gasteiger partial charge on any atom is -0.351 e. The van der Waals surface area contributed by atoms with Gasteiger partial charge in [-0.05, 0) is 62.3 Å². The molecule has 0 bridgehead atoms. The third-order valence-electron chi connectivity index (χ3n) is 4.83. The molecule has 1 unspecified atom stereocenters. The Morgan fingerprint density at radius 2 is 1.81 bits per heavy atom. The van der Waals surface area contributed by atoms with E-state index in [-0.39, 0.29) is 11.7 Å². The number of nitrogens with zero attached hydrogens (tertiary/aromatic N) is 1. The zero-order chi connectivity index (χ0) is 19.7. The van der Waals surface area contributed by atoms with Gasteiger partial charge in [-0.25, -0.2) is 4.39 Å². The number of carbonyl (C=O) groups excluding carboxylic acids is 1. The van der Waals surface area contributed by atoms with Gasteiger partial charge in [0, 0.05) is 18.4 Å². The normalized spacial score (nSPS) is 17.0. The van der Waals surface area contributed by atoms with Gasteiger partial charge in [-0.3, -0.25) is 4.79 Å². The van der Waals surface area contributed by atoms with Crippen LogP contribution in [0.25, 0.3) is 0 Å². The number of thiocarbonyl (C=S) groups is 1. The summed E-state index contributed by atoms with van der Waals surface area (Å²) in [5.74, 6) is -0.535. The molecule has 0 fully saturated rings. The Bertz CT molecular complexity index is 937. The third-order valence-corrected chi connectivity index (χ3v) is 5.22. The van der Waals surface area contributed by atoms with Crippen molar-refractivity contribution in [2.45, 2.75) is 26.8 Å². The molecule has 2 N–H and O–H groups in total. The Morgan fingerprint density at radius 1 is 1.15 bits per heavy atom. The van der Waals surface area contributed by atoms with Gasteiger partial charge in [-0.2, -0.15) is 0 Å². The lowest BCUT2D eigenvalue weighted by atomic mass is 9.94. The molecule has 1 aliphatic rings. The minimum atomic E-state index is -0.444. The first-order chi connectivity index (χ1) is 12.8. The number of benzene rings is 2. The van der Waals surface area contributed by atoms with E-state index in [0.717, 1.165) is 28.1 Å². The first-order valence-electron chi connectivity index (χ1n) is 8.67. The lowest BCUT2D eigenvalue weighted by Gasteiger charge is -2.35. The van der Waals surface area contributed by atoms with E-state index in [9.17, 15) is 9.18 Å². The lowest BCUT2D eigenvalue weighted by Crippen LogP contribution is -2.46. The number of nitrogens with one attached hydrogen (secondary N) is 2. The molecule has 2 aromatic carbocycles. The monoisotopic (exact) mass is 383 g/mol. The summed E-state index contributed by atoms with van der Waals surface area (Å²) in [6.45, 7) is 5.83. The van der Waals surface area contributed by atoms with Crippen LogP contribution in [0.5, 0.6) is 0 Å². The Kier molecular flexibility index (Phi) is 5.28. The number of anilines is 1. The smallest absolute Gasteiger partial charge is 0.255 e. The number of halogens is 1. The van der Waals surface area contributed by atoms with Crippen LogP contribution in [0.3, 0.4) is 0 Å². The van der Waals surface area contributed by atoms with Crippen LogP contribution in [0.1, 0.15) is 29.7 Å². The number of hydrogen-bond donors (Lipinski definition) is 2. The van der Waals surface area contributed by atoms with Crippen molar-refractivity contribution in [3.05, 3.63) is 76.2 Å². The molecule has 3 rings (SSSR count). The Hall–Kier alpha value is -2.73. The molecule has 0 radical (unpaired) electrons. The van der Waals surface area contributed by atoms with Crippen LogP contribution in [0.4, 0.5) is 10.1 Å².